The van der Waals surface area contributed by atoms with Gasteiger partial charge >= 0.3 is 0 Å². The molecule has 0 aliphatic heterocycles. The summed E-state index contributed by atoms with van der Waals surface area (Å²) in [5.74, 6) is 0. The molecule has 0 bridgehead atoms. The summed E-state index contributed by atoms with van der Waals surface area (Å²) in [5.41, 5.74) is -0.451. The minimum atomic E-state index is -3.70. The summed E-state index contributed by atoms with van der Waals surface area (Å²) in [6.07, 6.45) is 0. The highest BCUT2D eigenvalue weighted by Crippen LogP contribution is 1.62. The van der Waals surface area contributed by atoms with Crippen molar-refractivity contribution >= 4 is 15.6 Å². The Hall–Kier alpha value is -0.130. The lowest BCUT2D eigenvalue weighted by Crippen LogP contribution is -2.10. The molecule has 0 spiro atoms. The first-order valence-corrected chi connectivity index (χ1v) is 2.68. The predicted molar refractivity (Wildman–Crippen MR) is 22.1 cm³/mol. The van der Waals surface area contributed by atoms with E-state index in [0.29, 0.717) is 0 Å². The van der Waals surface area contributed by atoms with E-state index >= 15 is 0 Å². The molecule has 0 fully saturated rings. The molecule has 0 aromatic rings. The molecule has 0 rings (SSSR count). The third kappa shape index (κ3) is 3.87. The molecule has 0 aliphatic carbocycles. The molecule has 0 saturated heterocycles. The Morgan fingerprint density at radius 3 is 2.17 bits per heavy atom. The third-order valence-electron chi connectivity index (χ3n) is 0.128. The van der Waals surface area contributed by atoms with E-state index < -0.39 is 15.6 Å². The van der Waals surface area contributed by atoms with Crippen LogP contribution in [0.1, 0.15) is 0 Å². The second-order valence-electron chi connectivity index (χ2n) is 0.703. The van der Waals surface area contributed by atoms with E-state index in [9.17, 15) is 8.60 Å². The van der Waals surface area contributed by atoms with E-state index in [0.717, 1.165) is 0 Å². The lowest BCUT2D eigenvalue weighted by Gasteiger charge is -1.81. The van der Waals surface area contributed by atoms with Crippen molar-refractivity contribution in [2.24, 2.45) is 5.14 Å². The van der Waals surface area contributed by atoms with Gasteiger partial charge in [-0.05, 0) is 0 Å². The van der Waals surface area contributed by atoms with Crippen molar-refractivity contribution < 1.29 is 13.2 Å². The van der Waals surface area contributed by atoms with Crippen LogP contribution < -0.4 is 5.14 Å². The molecular weight excluding hydrogens is 109 g/mol. The van der Waals surface area contributed by atoms with Crippen molar-refractivity contribution in [1.29, 1.82) is 0 Å². The van der Waals surface area contributed by atoms with Gasteiger partial charge in [-0.15, -0.1) is 0 Å². The summed E-state index contributed by atoms with van der Waals surface area (Å²) in [6.45, 7) is 0. The Kier molecular flexibility index (Phi) is 1.51. The van der Waals surface area contributed by atoms with E-state index in [2.05, 4.69) is 5.14 Å². The quantitative estimate of drug-likeness (QED) is 0.324. The standard InChI is InChI=1S/CH4FNO2S/c2-1-6(3,4)5/h1H,(H3,3,4,5). The van der Waals surface area contributed by atoms with E-state index in [4.69, 9.17) is 4.55 Å². The number of rotatable bonds is 0. The largest absolute Gasteiger partial charge is 0.301 e. The van der Waals surface area contributed by atoms with E-state index in [1.54, 1.807) is 0 Å². The van der Waals surface area contributed by atoms with Crippen LogP contribution in [0.3, 0.4) is 0 Å². The molecule has 0 radical (unpaired) electrons. The Balaban J connectivity index is 4.24. The van der Waals surface area contributed by atoms with E-state index in [-0.39, 0.29) is 0 Å². The Morgan fingerprint density at radius 1 is 2.00 bits per heavy atom. The van der Waals surface area contributed by atoms with Gasteiger partial charge in [0, 0.05) is 0 Å². The van der Waals surface area contributed by atoms with Crippen LogP contribution in [0.4, 0.5) is 4.39 Å². The minimum Gasteiger partial charge on any atom is -0.301 e. The zero-order chi connectivity index (χ0) is 5.21. The van der Waals surface area contributed by atoms with Crippen LogP contribution in [0.25, 0.3) is 0 Å². The predicted octanol–water partition coefficient (Wildman–Crippen LogP) is -0.653. The van der Waals surface area contributed by atoms with Crippen LogP contribution in [0.15, 0.2) is 0 Å². The molecule has 0 saturated carbocycles. The molecule has 5 heteroatoms. The monoisotopic (exact) mass is 113 g/mol. The van der Waals surface area contributed by atoms with Gasteiger partial charge < -0.3 is 4.55 Å². The molecule has 3 nitrogen and oxygen atoms in total. The van der Waals surface area contributed by atoms with Crippen molar-refractivity contribution in [3.8, 4) is 0 Å². The fraction of sp³-hybridized carbons (Fsp3) is 0. The number of hydrogen-bond acceptors (Lipinski definition) is 1. The number of nitrogens with two attached hydrogens (primary N) is 1. The SMILES string of the molecule is NS(=O)(O)=CF. The molecule has 0 aromatic carbocycles. The fourth-order valence-electron chi connectivity index (χ4n) is 0. The van der Waals surface area contributed by atoms with Crippen LogP contribution in [0, 0.1) is 0 Å². The van der Waals surface area contributed by atoms with Gasteiger partial charge in [0.1, 0.15) is 0 Å². The molecular formula is CH4FNO2S. The third-order valence-corrected chi connectivity index (χ3v) is 0.383. The molecule has 38 valence electrons. The Labute approximate surface area is 34.9 Å². The average Bonchev–Trinajstić information content (AvgIpc) is 1.35. The van der Waals surface area contributed by atoms with Crippen LogP contribution in [-0.4, -0.2) is 14.4 Å². The van der Waals surface area contributed by atoms with Gasteiger partial charge in [0.15, 0.2) is 15.6 Å². The fourth-order valence-corrected chi connectivity index (χ4v) is 0. The topological polar surface area (TPSA) is 63.3 Å². The Bertz CT molecular complexity index is 126. The van der Waals surface area contributed by atoms with Gasteiger partial charge in [-0.1, -0.05) is 0 Å². The van der Waals surface area contributed by atoms with Crippen molar-refractivity contribution in [3.63, 3.8) is 0 Å². The van der Waals surface area contributed by atoms with Gasteiger partial charge in [0.2, 0.25) is 0 Å². The van der Waals surface area contributed by atoms with Gasteiger partial charge in [-0.3, -0.25) is 0 Å². The van der Waals surface area contributed by atoms with Crippen molar-refractivity contribution in [3.05, 3.63) is 0 Å². The number of hydrogen-bond donors (Lipinski definition) is 2. The molecule has 0 aromatic heterocycles. The van der Waals surface area contributed by atoms with E-state index in [1.165, 1.54) is 0 Å². The second-order valence-corrected chi connectivity index (χ2v) is 2.11. The maximum Gasteiger partial charge on any atom is 0.178 e. The van der Waals surface area contributed by atoms with Gasteiger partial charge in [0.25, 0.3) is 0 Å². The van der Waals surface area contributed by atoms with E-state index in [1.807, 2.05) is 0 Å². The Morgan fingerprint density at radius 2 is 2.17 bits per heavy atom. The van der Waals surface area contributed by atoms with Crippen LogP contribution in [0.5, 0.6) is 0 Å². The highest BCUT2D eigenvalue weighted by Gasteiger charge is 1.82. The number of halogens is 1. The van der Waals surface area contributed by atoms with Crippen LogP contribution in [-0.2, 0) is 9.99 Å². The summed E-state index contributed by atoms with van der Waals surface area (Å²) in [4.78, 5) is 0. The maximum absolute atomic E-state index is 10.7. The van der Waals surface area contributed by atoms with Gasteiger partial charge in [-0.25, -0.2) is 13.7 Å². The first kappa shape index (κ1) is 5.87. The molecule has 6 heavy (non-hydrogen) atoms. The molecule has 0 amide bonds. The normalized spacial score (nSPS) is 19.2. The van der Waals surface area contributed by atoms with Crippen molar-refractivity contribution in [2.45, 2.75) is 0 Å². The first-order valence-electron chi connectivity index (χ1n) is 1.04. The lowest BCUT2D eigenvalue weighted by molar-refractivity contribution is 0.559. The summed E-state index contributed by atoms with van der Waals surface area (Å²) < 4.78 is 27.9. The minimum absolute atomic E-state index is 0.451. The summed E-state index contributed by atoms with van der Waals surface area (Å²) in [7, 11) is -3.70. The average molecular weight is 113 g/mol. The van der Waals surface area contributed by atoms with Crippen LogP contribution in [0.2, 0.25) is 0 Å². The van der Waals surface area contributed by atoms with Crippen LogP contribution >= 0.6 is 0 Å². The second kappa shape index (κ2) is 1.55. The summed E-state index contributed by atoms with van der Waals surface area (Å²) in [5, 5.41) is 4.19. The first-order chi connectivity index (χ1) is 2.56. The maximum atomic E-state index is 10.7. The van der Waals surface area contributed by atoms with Gasteiger partial charge in [-0.2, -0.15) is 0 Å². The zero-order valence-corrected chi connectivity index (χ0v) is 3.61. The van der Waals surface area contributed by atoms with Crippen molar-refractivity contribution in [1.82, 2.24) is 0 Å². The summed E-state index contributed by atoms with van der Waals surface area (Å²) >= 11 is 0. The van der Waals surface area contributed by atoms with Crippen molar-refractivity contribution in [2.75, 3.05) is 0 Å². The lowest BCUT2D eigenvalue weighted by atomic mass is 11.8. The molecule has 1 atom stereocenters. The molecule has 1 unspecified atom stereocenters. The molecule has 0 aliphatic rings. The smallest absolute Gasteiger partial charge is 0.178 e. The zero-order valence-electron chi connectivity index (χ0n) is 2.80. The molecule has 0 heterocycles. The molecule has 3 N–H and O–H groups in total. The highest BCUT2D eigenvalue weighted by atomic mass is 32.2. The summed E-state index contributed by atoms with van der Waals surface area (Å²) in [6, 6.07) is 0. The highest BCUT2D eigenvalue weighted by molar-refractivity contribution is 7.93. The van der Waals surface area contributed by atoms with Gasteiger partial charge in [0.05, 0.1) is 0 Å².